The van der Waals surface area contributed by atoms with Crippen molar-refractivity contribution in [2.24, 2.45) is 0 Å². The molecular formula is C109H68N12. The van der Waals surface area contributed by atoms with Crippen LogP contribution in [0.15, 0.2) is 413 Å². The molecule has 564 valence electrons. The van der Waals surface area contributed by atoms with Crippen LogP contribution in [0.5, 0.6) is 0 Å². The van der Waals surface area contributed by atoms with Crippen LogP contribution in [0.2, 0.25) is 0 Å². The second-order valence-electron chi connectivity index (χ2n) is 30.1. The first-order chi connectivity index (χ1) is 59.9. The fourth-order valence-corrected chi connectivity index (χ4v) is 16.5. The van der Waals surface area contributed by atoms with E-state index in [0.717, 1.165) is 183 Å². The lowest BCUT2D eigenvalue weighted by atomic mass is 9.99. The summed E-state index contributed by atoms with van der Waals surface area (Å²) in [7, 11) is 0. The van der Waals surface area contributed by atoms with Crippen LogP contribution in [-0.4, -0.2) is 59.4 Å². The molecule has 0 aliphatic rings. The number of benzene rings is 14. The average Bonchev–Trinajstić information content (AvgIpc) is 1.59. The molecule has 0 fully saturated rings. The van der Waals surface area contributed by atoms with Crippen LogP contribution in [0.3, 0.4) is 0 Å². The quantitative estimate of drug-likeness (QED) is 0.109. The van der Waals surface area contributed by atoms with Gasteiger partial charge in [-0.05, 0) is 125 Å². The van der Waals surface area contributed by atoms with Crippen molar-refractivity contribution in [2.75, 3.05) is 0 Å². The lowest BCUT2D eigenvalue weighted by Gasteiger charge is -2.12. The predicted octanol–water partition coefficient (Wildman–Crippen LogP) is 26.7. The van der Waals surface area contributed by atoms with Gasteiger partial charge >= 0.3 is 0 Å². The Bertz CT molecular complexity index is 7850. The highest BCUT2D eigenvalue weighted by molar-refractivity contribution is 6.09. The zero-order valence-corrected chi connectivity index (χ0v) is 65.1. The van der Waals surface area contributed by atoms with Crippen LogP contribution < -0.4 is 0 Å². The number of fused-ring (bicyclic) bond motifs is 9. The molecule has 9 heterocycles. The lowest BCUT2D eigenvalue weighted by molar-refractivity contribution is 1.07. The molecule has 23 rings (SSSR count). The zero-order valence-electron chi connectivity index (χ0n) is 65.1. The van der Waals surface area contributed by atoms with Crippen LogP contribution in [0.1, 0.15) is 0 Å². The maximum Gasteiger partial charge on any atom is 0.164 e. The standard InChI is InChI=1S/C61H38N6.C48H30N6/c1-2-11-43(12-3-1)61-65-56(41-26-30-48(31-27-41)67-58-20-6-4-17-49(58)50-18-5-7-21-59(50)67)38-57(66-61)46-15-8-14-44(35-46)45-24-22-39-28-32-52(63-54(39)36-45)47-25-23-40-29-33-53(64-55(40)37-47)51-19-9-13-42-16-10-34-62-60(42)51;1-3-10-34(11-4-1)46-52-47(35-12-5-2-6-13-35)54-48(53-46)39-16-7-15-36(28-39)37-21-19-31-23-25-41(50-43(31)29-37)38-22-20-32-24-26-42(51-44(32)30-38)40-18-8-14-33-17-9-27-49-45(33)40/h1-38H;1-30H. The molecule has 9 aromatic heterocycles. The van der Waals surface area contributed by atoms with E-state index in [9.17, 15) is 0 Å². The molecule has 0 atom stereocenters. The summed E-state index contributed by atoms with van der Waals surface area (Å²) >= 11 is 0. The molecule has 0 amide bonds. The molecule has 0 aliphatic heterocycles. The summed E-state index contributed by atoms with van der Waals surface area (Å²) in [6.45, 7) is 0. The van der Waals surface area contributed by atoms with Crippen molar-refractivity contribution in [1.29, 1.82) is 0 Å². The van der Waals surface area contributed by atoms with Gasteiger partial charge in [-0.2, -0.15) is 0 Å². The second-order valence-corrected chi connectivity index (χ2v) is 30.1. The molecule has 12 nitrogen and oxygen atoms in total. The Labute approximate surface area is 696 Å². The molecular weight excluding hydrogens is 1480 g/mol. The Kier molecular flexibility index (Phi) is 17.9. The van der Waals surface area contributed by atoms with Crippen molar-refractivity contribution in [2.45, 2.75) is 0 Å². The highest BCUT2D eigenvalue weighted by Gasteiger charge is 2.20. The van der Waals surface area contributed by atoms with Crippen LogP contribution >= 0.6 is 0 Å². The third kappa shape index (κ3) is 13.8. The van der Waals surface area contributed by atoms with E-state index in [-0.39, 0.29) is 0 Å². The molecule has 0 unspecified atom stereocenters. The van der Waals surface area contributed by atoms with Gasteiger partial charge in [0, 0.05) is 117 Å². The Morgan fingerprint density at radius 2 is 0.496 bits per heavy atom. The van der Waals surface area contributed by atoms with E-state index in [0.29, 0.717) is 23.3 Å². The smallest absolute Gasteiger partial charge is 0.164 e. The van der Waals surface area contributed by atoms with Crippen molar-refractivity contribution >= 4 is 87.2 Å². The zero-order chi connectivity index (χ0) is 80.1. The van der Waals surface area contributed by atoms with Gasteiger partial charge in [-0.3, -0.25) is 9.97 Å². The molecule has 0 radical (unpaired) electrons. The van der Waals surface area contributed by atoms with E-state index >= 15 is 0 Å². The Morgan fingerprint density at radius 1 is 0.174 bits per heavy atom. The number of hydrogen-bond acceptors (Lipinski definition) is 11. The number of hydrogen-bond donors (Lipinski definition) is 0. The van der Waals surface area contributed by atoms with Gasteiger partial charge in [-0.1, -0.05) is 297 Å². The summed E-state index contributed by atoms with van der Waals surface area (Å²) < 4.78 is 2.34. The minimum absolute atomic E-state index is 0.621. The van der Waals surface area contributed by atoms with Crippen molar-refractivity contribution < 1.29 is 0 Å². The Hall–Kier alpha value is -16.6. The Morgan fingerprint density at radius 3 is 0.975 bits per heavy atom. The van der Waals surface area contributed by atoms with Gasteiger partial charge in [0.25, 0.3) is 0 Å². The molecule has 0 saturated heterocycles. The topological polar surface area (TPSA) is 147 Å². The number of aromatic nitrogens is 12. The fraction of sp³-hybridized carbons (Fsp3) is 0. The third-order valence-corrected chi connectivity index (χ3v) is 22.6. The van der Waals surface area contributed by atoms with Gasteiger partial charge in [0.1, 0.15) is 0 Å². The van der Waals surface area contributed by atoms with Crippen molar-refractivity contribution in [1.82, 2.24) is 59.4 Å². The molecule has 0 N–H and O–H groups in total. The van der Waals surface area contributed by atoms with E-state index < -0.39 is 0 Å². The van der Waals surface area contributed by atoms with Gasteiger partial charge in [0.2, 0.25) is 0 Å². The highest BCUT2D eigenvalue weighted by Crippen LogP contribution is 2.39. The first-order valence-electron chi connectivity index (χ1n) is 40.3. The van der Waals surface area contributed by atoms with Crippen LogP contribution in [0.4, 0.5) is 0 Å². The molecule has 14 aromatic carbocycles. The van der Waals surface area contributed by atoms with Crippen LogP contribution in [0.25, 0.3) is 228 Å². The van der Waals surface area contributed by atoms with Crippen LogP contribution in [-0.2, 0) is 0 Å². The third-order valence-electron chi connectivity index (χ3n) is 22.6. The molecule has 0 spiro atoms. The summed E-state index contributed by atoms with van der Waals surface area (Å²) in [5.74, 6) is 2.57. The van der Waals surface area contributed by atoms with Crippen LogP contribution in [0, 0.1) is 0 Å². The van der Waals surface area contributed by atoms with Gasteiger partial charge in [0.05, 0.1) is 78.3 Å². The fourth-order valence-electron chi connectivity index (χ4n) is 16.5. The van der Waals surface area contributed by atoms with E-state index in [1.54, 1.807) is 0 Å². The summed E-state index contributed by atoms with van der Waals surface area (Å²) in [6.07, 6.45) is 3.67. The van der Waals surface area contributed by atoms with Crippen molar-refractivity contribution in [3.8, 4) is 141 Å². The van der Waals surface area contributed by atoms with Crippen molar-refractivity contribution in [3.63, 3.8) is 0 Å². The SMILES string of the molecule is c1ccc(-c2nc(-c3ccc(-n4c5ccccc5c5ccccc54)cc3)cc(-c3cccc(-c4ccc5ccc(-c6ccc7ccc(-c8cccc9cccnc89)nc7c6)nc5c4)c3)n2)cc1.c1ccc(-c2nc(-c3ccccc3)nc(-c3cccc(-c4ccc5ccc(-c6ccc7ccc(-c8cccc9cccnc89)nc7c6)nc5c4)c3)n2)cc1. The molecule has 0 aliphatic carbocycles. The summed E-state index contributed by atoms with van der Waals surface area (Å²) in [6, 6.07) is 138. The molecule has 0 saturated carbocycles. The summed E-state index contributed by atoms with van der Waals surface area (Å²) in [5.41, 5.74) is 28.4. The average molecular weight is 1550 g/mol. The maximum absolute atomic E-state index is 5.22. The number of nitrogens with zero attached hydrogens (tertiary/aromatic N) is 12. The van der Waals surface area contributed by atoms with Crippen molar-refractivity contribution in [3.05, 3.63) is 413 Å². The monoisotopic (exact) mass is 1540 g/mol. The van der Waals surface area contributed by atoms with Gasteiger partial charge in [0.15, 0.2) is 23.3 Å². The predicted molar refractivity (Wildman–Crippen MR) is 493 cm³/mol. The van der Waals surface area contributed by atoms with E-state index in [1.165, 1.54) is 21.8 Å². The first-order valence-corrected chi connectivity index (χ1v) is 40.3. The largest absolute Gasteiger partial charge is 0.309 e. The number of para-hydroxylation sites is 4. The number of rotatable bonds is 13. The normalized spacial score (nSPS) is 11.5. The molecule has 12 heteroatoms. The lowest BCUT2D eigenvalue weighted by Crippen LogP contribution is -2.00. The van der Waals surface area contributed by atoms with Gasteiger partial charge in [-0.25, -0.2) is 44.9 Å². The minimum Gasteiger partial charge on any atom is -0.309 e. The molecule has 121 heavy (non-hydrogen) atoms. The maximum atomic E-state index is 5.22. The number of pyridine rings is 6. The van der Waals surface area contributed by atoms with E-state index in [2.05, 4.69) is 324 Å². The van der Waals surface area contributed by atoms with Gasteiger partial charge in [-0.15, -0.1) is 0 Å². The molecule has 0 bridgehead atoms. The second kappa shape index (κ2) is 30.6. The van der Waals surface area contributed by atoms with E-state index in [4.69, 9.17) is 44.9 Å². The summed E-state index contributed by atoms with van der Waals surface area (Å²) in [5, 5.41) is 8.96. The van der Waals surface area contributed by atoms with Gasteiger partial charge < -0.3 is 4.57 Å². The Balaban J connectivity index is 0.000000148. The highest BCUT2D eigenvalue weighted by atomic mass is 15.0. The first kappa shape index (κ1) is 71.0. The minimum atomic E-state index is 0.621. The molecule has 23 aromatic rings. The van der Waals surface area contributed by atoms with E-state index in [1.807, 2.05) is 103 Å². The summed E-state index contributed by atoms with van der Waals surface area (Å²) in [4.78, 5) is 55.0.